The van der Waals surface area contributed by atoms with Crippen molar-refractivity contribution in [1.29, 1.82) is 0 Å². The first-order valence-corrected chi connectivity index (χ1v) is 9.29. The lowest BCUT2D eigenvalue weighted by Gasteiger charge is -2.23. The molecule has 0 amide bonds. The van der Waals surface area contributed by atoms with E-state index in [9.17, 15) is 9.90 Å². The van der Waals surface area contributed by atoms with Crippen LogP contribution in [-0.4, -0.2) is 18.2 Å². The van der Waals surface area contributed by atoms with E-state index in [0.29, 0.717) is 17.2 Å². The number of rotatable bonds is 5. The zero-order valence-electron chi connectivity index (χ0n) is 17.0. The third-order valence-corrected chi connectivity index (χ3v) is 4.69. The van der Waals surface area contributed by atoms with Crippen LogP contribution in [0.5, 0.6) is 17.2 Å². The summed E-state index contributed by atoms with van der Waals surface area (Å²) in [5, 5.41) is 9.40. The molecule has 0 aliphatic heterocycles. The summed E-state index contributed by atoms with van der Waals surface area (Å²) in [5.41, 5.74) is 9.37. The number of methoxy groups -OCH3 is 1. The second-order valence-corrected chi connectivity index (χ2v) is 7.82. The first-order valence-electron chi connectivity index (χ1n) is 9.29. The first kappa shape index (κ1) is 20.3. The molecule has 0 atom stereocenters. The average molecular weight is 391 g/mol. The van der Waals surface area contributed by atoms with E-state index in [0.717, 1.165) is 22.4 Å². The van der Waals surface area contributed by atoms with Crippen molar-refractivity contribution in [2.45, 2.75) is 26.2 Å². The zero-order chi connectivity index (χ0) is 21.2. The molecule has 3 aromatic carbocycles. The molecule has 0 unspecified atom stereocenters. The Morgan fingerprint density at radius 1 is 0.897 bits per heavy atom. The van der Waals surface area contributed by atoms with Gasteiger partial charge in [-0.2, -0.15) is 0 Å². The Bertz CT molecular complexity index is 1050. The highest BCUT2D eigenvalue weighted by Gasteiger charge is 2.19. The van der Waals surface area contributed by atoms with Crippen LogP contribution in [0.2, 0.25) is 0 Å². The maximum Gasteiger partial charge on any atom is 0.339 e. The number of para-hydroxylation sites is 1. The summed E-state index contributed by atoms with van der Waals surface area (Å²) in [4.78, 5) is 11.5. The van der Waals surface area contributed by atoms with E-state index in [1.165, 1.54) is 7.11 Å². The lowest BCUT2D eigenvalue weighted by atomic mass is 9.86. The van der Waals surface area contributed by atoms with Gasteiger partial charge in [-0.3, -0.25) is 0 Å². The third kappa shape index (κ3) is 4.35. The Balaban J connectivity index is 1.95. The smallest absolute Gasteiger partial charge is 0.339 e. The number of carboxylic acid groups (broad SMARTS) is 1. The summed E-state index contributed by atoms with van der Waals surface area (Å²) in [7, 11) is 1.45. The topological polar surface area (TPSA) is 81.8 Å². The highest BCUT2D eigenvalue weighted by Crippen LogP contribution is 2.37. The summed E-state index contributed by atoms with van der Waals surface area (Å²) in [6.45, 7) is 6.39. The van der Waals surface area contributed by atoms with Crippen LogP contribution < -0.4 is 15.2 Å². The molecule has 0 heterocycles. The van der Waals surface area contributed by atoms with Crippen LogP contribution in [0.25, 0.3) is 11.1 Å². The molecule has 0 spiro atoms. The van der Waals surface area contributed by atoms with Gasteiger partial charge in [-0.25, -0.2) is 4.79 Å². The largest absolute Gasteiger partial charge is 0.496 e. The monoisotopic (exact) mass is 391 g/mol. The van der Waals surface area contributed by atoms with Crippen molar-refractivity contribution in [3.63, 3.8) is 0 Å². The molecule has 5 heteroatoms. The number of hydrogen-bond donors (Lipinski definition) is 2. The Kier molecular flexibility index (Phi) is 5.50. The number of anilines is 1. The van der Waals surface area contributed by atoms with Crippen LogP contribution >= 0.6 is 0 Å². The third-order valence-electron chi connectivity index (χ3n) is 4.69. The van der Waals surface area contributed by atoms with Gasteiger partial charge in [0.25, 0.3) is 0 Å². The van der Waals surface area contributed by atoms with Gasteiger partial charge in [-0.1, -0.05) is 51.1 Å². The highest BCUT2D eigenvalue weighted by atomic mass is 16.5. The molecular weight excluding hydrogens is 366 g/mol. The van der Waals surface area contributed by atoms with Crippen molar-refractivity contribution >= 4 is 11.7 Å². The average Bonchev–Trinajstić information content (AvgIpc) is 2.68. The minimum absolute atomic E-state index is 0.0678. The lowest BCUT2D eigenvalue weighted by molar-refractivity contribution is 0.0693. The van der Waals surface area contributed by atoms with Crippen LogP contribution in [0.4, 0.5) is 5.69 Å². The molecule has 0 bridgehead atoms. The molecule has 0 aromatic heterocycles. The minimum Gasteiger partial charge on any atom is -0.496 e. The Morgan fingerprint density at radius 3 is 2.10 bits per heavy atom. The first-order chi connectivity index (χ1) is 13.7. The molecule has 0 aliphatic rings. The number of aromatic carboxylic acids is 1. The van der Waals surface area contributed by atoms with E-state index in [-0.39, 0.29) is 11.0 Å². The lowest BCUT2D eigenvalue weighted by Crippen LogP contribution is -2.12. The van der Waals surface area contributed by atoms with Gasteiger partial charge in [-0.15, -0.1) is 0 Å². The van der Waals surface area contributed by atoms with Crippen molar-refractivity contribution in [2.75, 3.05) is 12.8 Å². The SMILES string of the molecule is COc1ccc(-c2ccc(Oc3ccccc3C(C)(C)C)c(N)c2)cc1C(=O)O. The van der Waals surface area contributed by atoms with Crippen molar-refractivity contribution in [3.8, 4) is 28.4 Å². The van der Waals surface area contributed by atoms with Crippen LogP contribution in [0, 0.1) is 0 Å². The van der Waals surface area contributed by atoms with E-state index in [4.69, 9.17) is 15.2 Å². The van der Waals surface area contributed by atoms with Gasteiger partial charge in [-0.05, 0) is 46.9 Å². The van der Waals surface area contributed by atoms with E-state index in [2.05, 4.69) is 20.8 Å². The van der Waals surface area contributed by atoms with E-state index < -0.39 is 5.97 Å². The fourth-order valence-electron chi connectivity index (χ4n) is 3.17. The molecule has 0 saturated carbocycles. The zero-order valence-corrected chi connectivity index (χ0v) is 17.0. The Morgan fingerprint density at radius 2 is 1.52 bits per heavy atom. The van der Waals surface area contributed by atoms with Gasteiger partial charge in [0.15, 0.2) is 0 Å². The standard InChI is InChI=1S/C24H25NO4/c1-24(2,3)18-7-5-6-8-21(18)29-22-12-10-16(14-19(22)25)15-9-11-20(28-4)17(13-15)23(26)27/h5-14H,25H2,1-4H3,(H,26,27). The molecule has 29 heavy (non-hydrogen) atoms. The van der Waals surface area contributed by atoms with Crippen LogP contribution in [0.3, 0.4) is 0 Å². The van der Waals surface area contributed by atoms with Gasteiger partial charge in [0.2, 0.25) is 0 Å². The molecule has 150 valence electrons. The second kappa shape index (κ2) is 7.87. The van der Waals surface area contributed by atoms with Gasteiger partial charge in [0.05, 0.1) is 12.8 Å². The van der Waals surface area contributed by atoms with Crippen LogP contribution in [0.1, 0.15) is 36.7 Å². The molecular formula is C24H25NO4. The Hall–Kier alpha value is -3.47. The number of benzene rings is 3. The molecule has 0 fully saturated rings. The summed E-state index contributed by atoms with van der Waals surface area (Å²) >= 11 is 0. The van der Waals surface area contributed by atoms with E-state index in [1.807, 2.05) is 30.3 Å². The van der Waals surface area contributed by atoms with Gasteiger partial charge in [0, 0.05) is 5.56 Å². The van der Waals surface area contributed by atoms with Crippen molar-refractivity contribution in [1.82, 2.24) is 0 Å². The Labute approximate surface area is 170 Å². The van der Waals surface area contributed by atoms with Crippen molar-refractivity contribution < 1.29 is 19.4 Å². The molecule has 0 radical (unpaired) electrons. The molecule has 3 aromatic rings. The fraction of sp³-hybridized carbons (Fsp3) is 0.208. The number of nitrogens with two attached hydrogens (primary N) is 1. The quantitative estimate of drug-likeness (QED) is 0.543. The number of carboxylic acids is 1. The summed E-state index contributed by atoms with van der Waals surface area (Å²) < 4.78 is 11.2. The van der Waals surface area contributed by atoms with E-state index in [1.54, 1.807) is 30.3 Å². The highest BCUT2D eigenvalue weighted by molar-refractivity contribution is 5.93. The summed E-state index contributed by atoms with van der Waals surface area (Å²) in [6, 6.07) is 18.3. The van der Waals surface area contributed by atoms with Crippen LogP contribution in [0.15, 0.2) is 60.7 Å². The number of nitrogen functional groups attached to an aromatic ring is 1. The molecule has 3 N–H and O–H groups in total. The molecule has 0 aliphatic carbocycles. The number of hydrogen-bond acceptors (Lipinski definition) is 4. The maximum atomic E-state index is 11.5. The number of ether oxygens (including phenoxy) is 2. The minimum atomic E-state index is -1.05. The maximum absolute atomic E-state index is 11.5. The molecule has 3 rings (SSSR count). The number of carbonyl (C=O) groups is 1. The fourth-order valence-corrected chi connectivity index (χ4v) is 3.17. The van der Waals surface area contributed by atoms with Gasteiger partial charge >= 0.3 is 5.97 Å². The van der Waals surface area contributed by atoms with Crippen LogP contribution in [-0.2, 0) is 5.41 Å². The predicted octanol–water partition coefficient (Wildman–Crippen LogP) is 5.73. The van der Waals surface area contributed by atoms with Gasteiger partial charge < -0.3 is 20.3 Å². The predicted molar refractivity (Wildman–Crippen MR) is 115 cm³/mol. The molecule has 5 nitrogen and oxygen atoms in total. The summed E-state index contributed by atoms with van der Waals surface area (Å²) in [5.74, 6) is 0.581. The normalized spacial score (nSPS) is 11.2. The van der Waals surface area contributed by atoms with Crippen molar-refractivity contribution in [2.24, 2.45) is 0 Å². The van der Waals surface area contributed by atoms with Gasteiger partial charge in [0.1, 0.15) is 22.8 Å². The summed E-state index contributed by atoms with van der Waals surface area (Å²) in [6.07, 6.45) is 0. The molecule has 0 saturated heterocycles. The van der Waals surface area contributed by atoms with E-state index >= 15 is 0 Å². The van der Waals surface area contributed by atoms with Crippen molar-refractivity contribution in [3.05, 3.63) is 71.8 Å². The second-order valence-electron chi connectivity index (χ2n) is 7.82.